The number of amides is 4. The summed E-state index contributed by atoms with van der Waals surface area (Å²) in [6.45, 7) is 7.10. The average molecular weight is 1320 g/mol. The Balaban J connectivity index is 0.000000190. The fraction of sp³-hybridized carbons (Fsp3) is 0.508. The summed E-state index contributed by atoms with van der Waals surface area (Å²) in [6.07, 6.45) is 1.36. The van der Waals surface area contributed by atoms with Gasteiger partial charge in [-0.05, 0) is 24.0 Å². The minimum absolute atomic E-state index is 0. The molecule has 0 spiro atoms. The van der Waals surface area contributed by atoms with Crippen molar-refractivity contribution in [2.45, 2.75) is 145 Å². The molecule has 2 aromatic heterocycles. The van der Waals surface area contributed by atoms with Gasteiger partial charge in [-0.15, -0.1) is 12.4 Å². The zero-order valence-electron chi connectivity index (χ0n) is 49.8. The Morgan fingerprint density at radius 3 is 1.33 bits per heavy atom. The van der Waals surface area contributed by atoms with Crippen LogP contribution in [0.25, 0.3) is 0 Å². The number of benzene rings is 2. The lowest BCUT2D eigenvalue weighted by Gasteiger charge is -2.44. The van der Waals surface area contributed by atoms with Crippen molar-refractivity contribution in [3.05, 3.63) is 153 Å². The summed E-state index contributed by atoms with van der Waals surface area (Å²) in [4.78, 5) is 78.0. The molecule has 4 amide bonds. The minimum atomic E-state index is -2.82. The van der Waals surface area contributed by atoms with E-state index in [0.29, 0.717) is 12.8 Å². The molecule has 19 nitrogen and oxygen atoms in total. The summed E-state index contributed by atoms with van der Waals surface area (Å²) in [5, 5.41) is 0. The lowest BCUT2D eigenvalue weighted by atomic mass is 9.97. The molecule has 7 aliphatic rings. The molecule has 2 aromatic carbocycles. The first-order chi connectivity index (χ1) is 42.6. The van der Waals surface area contributed by atoms with Gasteiger partial charge in [-0.1, -0.05) is 92.4 Å². The number of aromatic nitrogens is 2. The first-order valence-corrected chi connectivity index (χ1v) is 29.1. The third-order valence-corrected chi connectivity index (χ3v) is 15.3. The largest absolute Gasteiger partial charge is 0.482 e. The fourth-order valence-corrected chi connectivity index (χ4v) is 10.4. The molecular weight excluding hydrogens is 1250 g/mol. The maximum Gasteiger partial charge on any atom is 0.412 e. The Hall–Kier alpha value is -7.95. The Morgan fingerprint density at radius 1 is 0.527 bits per heavy atom. The SMILES string of the molecule is C=CCOC(=O)N1CCC(F)(F)CC1.C=CCOC(=O)N1CCC(F)(F)CC1OC.Cl.FC1(F)CCCCC1.O=C1c2c(OCc3ccccc3)c(=O)ccn2NC2CC(F)(F)CCN12.O=C1c2c(OCc3ccccc3)c(=O)ccn2N[C@@H]2CC(F)(F)CCN12. The zero-order chi connectivity index (χ0) is 65.4. The first kappa shape index (κ1) is 72.1. The number of hydrogen-bond donors (Lipinski definition) is 2. The molecule has 5 fully saturated rings. The standard InChI is InChI=1S/2C18H17F2N3O3.C10H15F2NO3.C9H13F2NO2.C6H10F2.ClH/c2*19-18(20)7-9-22-14(10-18)21-23-8-6-13(24)16(15(23)17(22)25)26-11-12-4-2-1-3-5-12;1-3-6-16-9(14)13-5-4-10(11,12)7-8(13)15-2;1-2-7-14-8(13)12-5-3-9(10,11)4-6-12;7-6(8)4-2-1-3-5-6;/h2*1-6,8,14,21H,7,9-11H2;3,8H,1,4-7H2,2H3;2H,1,3-7H2;1-5H2;1H/t14-;;;;;/m0...../s1. The number of pyridine rings is 2. The van der Waals surface area contributed by atoms with Crippen molar-refractivity contribution in [3.63, 3.8) is 0 Å². The molecule has 500 valence electrons. The highest BCUT2D eigenvalue weighted by Gasteiger charge is 2.48. The predicted molar refractivity (Wildman–Crippen MR) is 315 cm³/mol. The Bertz CT molecular complexity index is 3070. The van der Waals surface area contributed by atoms with Gasteiger partial charge in [-0.25, -0.2) is 53.5 Å². The van der Waals surface area contributed by atoms with Crippen LogP contribution in [0.3, 0.4) is 0 Å². The number of piperidine rings is 4. The molecule has 1 aliphatic carbocycles. The molecule has 11 rings (SSSR count). The first-order valence-electron chi connectivity index (χ1n) is 29.1. The average Bonchev–Trinajstić information content (AvgIpc) is 0.830. The number of carbonyl (C=O) groups is 4. The van der Waals surface area contributed by atoms with E-state index in [2.05, 4.69) is 24.0 Å². The van der Waals surface area contributed by atoms with E-state index >= 15 is 0 Å². The highest BCUT2D eigenvalue weighted by atomic mass is 35.5. The van der Waals surface area contributed by atoms with Crippen LogP contribution in [0.15, 0.2) is 120 Å². The lowest BCUT2D eigenvalue weighted by Crippen LogP contribution is -2.59. The van der Waals surface area contributed by atoms with Crippen molar-refractivity contribution in [1.29, 1.82) is 0 Å². The van der Waals surface area contributed by atoms with Gasteiger partial charge in [-0.3, -0.25) is 33.4 Å². The zero-order valence-corrected chi connectivity index (χ0v) is 50.6. The van der Waals surface area contributed by atoms with Crippen LogP contribution in [0.2, 0.25) is 0 Å². The van der Waals surface area contributed by atoms with E-state index in [1.807, 2.05) is 60.7 Å². The van der Waals surface area contributed by atoms with Gasteiger partial charge in [0, 0.05) is 109 Å². The van der Waals surface area contributed by atoms with Crippen LogP contribution in [-0.2, 0) is 27.4 Å². The second-order valence-corrected chi connectivity index (χ2v) is 22.1. The van der Waals surface area contributed by atoms with E-state index in [9.17, 15) is 72.7 Å². The smallest absolute Gasteiger partial charge is 0.412 e. The van der Waals surface area contributed by atoms with Gasteiger partial charge in [0.2, 0.25) is 16.8 Å². The van der Waals surface area contributed by atoms with Crippen LogP contribution in [-0.4, -0.2) is 154 Å². The number of methoxy groups -OCH3 is 1. The summed E-state index contributed by atoms with van der Waals surface area (Å²) < 4.78 is 159. The van der Waals surface area contributed by atoms with E-state index in [-0.39, 0.29) is 127 Å². The quantitative estimate of drug-likeness (QED) is 0.106. The molecular formula is C61H73ClF10N8O11. The van der Waals surface area contributed by atoms with Gasteiger partial charge in [0.05, 0.1) is 19.3 Å². The predicted octanol–water partition coefficient (Wildman–Crippen LogP) is 11.4. The number of nitrogens with one attached hydrogen (secondary N) is 2. The molecule has 6 aliphatic heterocycles. The van der Waals surface area contributed by atoms with Gasteiger partial charge >= 0.3 is 12.2 Å². The van der Waals surface area contributed by atoms with E-state index in [0.717, 1.165) is 17.5 Å². The Labute approximate surface area is 524 Å². The number of halogens is 11. The topological polar surface area (TPSA) is 195 Å². The number of rotatable bonds is 11. The van der Waals surface area contributed by atoms with Crippen LogP contribution in [0.1, 0.15) is 116 Å². The van der Waals surface area contributed by atoms with Crippen molar-refractivity contribution >= 4 is 36.4 Å². The molecule has 0 radical (unpaired) electrons. The van der Waals surface area contributed by atoms with E-state index in [4.69, 9.17) is 23.7 Å². The fourth-order valence-electron chi connectivity index (χ4n) is 10.4. The van der Waals surface area contributed by atoms with Crippen LogP contribution >= 0.6 is 12.4 Å². The molecule has 4 aromatic rings. The third kappa shape index (κ3) is 20.3. The van der Waals surface area contributed by atoms with Crippen LogP contribution in [0.5, 0.6) is 11.5 Å². The number of alkyl halides is 10. The molecule has 0 bridgehead atoms. The summed E-state index contributed by atoms with van der Waals surface area (Å²) in [6, 6.07) is 21.0. The van der Waals surface area contributed by atoms with Crippen LogP contribution in [0.4, 0.5) is 53.5 Å². The maximum absolute atomic E-state index is 13.7. The maximum atomic E-state index is 13.7. The van der Waals surface area contributed by atoms with Gasteiger partial charge < -0.3 is 49.2 Å². The van der Waals surface area contributed by atoms with Crippen molar-refractivity contribution in [3.8, 4) is 11.5 Å². The molecule has 3 atom stereocenters. The van der Waals surface area contributed by atoms with Gasteiger partial charge in [0.1, 0.15) is 45.0 Å². The van der Waals surface area contributed by atoms with Crippen molar-refractivity contribution < 1.29 is 86.8 Å². The lowest BCUT2D eigenvalue weighted by molar-refractivity contribution is -0.140. The second kappa shape index (κ2) is 31.9. The van der Waals surface area contributed by atoms with E-state index in [1.54, 1.807) is 0 Å². The van der Waals surface area contributed by atoms with Gasteiger partial charge in [-0.2, -0.15) is 0 Å². The van der Waals surface area contributed by atoms with E-state index in [1.165, 1.54) is 72.7 Å². The van der Waals surface area contributed by atoms with E-state index < -0.39 is 115 Å². The third-order valence-electron chi connectivity index (χ3n) is 15.3. The second-order valence-electron chi connectivity index (χ2n) is 22.1. The van der Waals surface area contributed by atoms with Crippen LogP contribution < -0.4 is 31.2 Å². The monoisotopic (exact) mass is 1320 g/mol. The highest BCUT2D eigenvalue weighted by Crippen LogP contribution is 2.38. The Kier molecular flexibility index (Phi) is 25.3. The summed E-state index contributed by atoms with van der Waals surface area (Å²) >= 11 is 0. The number of nitrogens with zero attached hydrogens (tertiary/aromatic N) is 6. The Morgan fingerprint density at radius 2 is 0.923 bits per heavy atom. The molecule has 1 saturated carbocycles. The number of carbonyl (C=O) groups excluding carboxylic acids is 4. The molecule has 4 saturated heterocycles. The number of fused-ring (bicyclic) bond motifs is 4. The number of likely N-dealkylation sites (tertiary alicyclic amines) is 2. The van der Waals surface area contributed by atoms with Crippen molar-refractivity contribution in [2.75, 3.05) is 63.9 Å². The normalized spacial score (nSPS) is 21.6. The van der Waals surface area contributed by atoms with Crippen molar-refractivity contribution in [2.24, 2.45) is 0 Å². The van der Waals surface area contributed by atoms with Gasteiger partial charge in [0.15, 0.2) is 22.9 Å². The molecule has 30 heteroatoms. The molecule has 2 unspecified atom stereocenters. The van der Waals surface area contributed by atoms with Crippen LogP contribution in [0, 0.1) is 0 Å². The summed E-state index contributed by atoms with van der Waals surface area (Å²) in [5.41, 5.74) is 6.66. The van der Waals surface area contributed by atoms with Crippen molar-refractivity contribution in [1.82, 2.24) is 29.0 Å². The number of hydrogen-bond acceptors (Lipinski definition) is 13. The highest BCUT2D eigenvalue weighted by molar-refractivity contribution is 5.97. The number of ether oxygens (including phenoxy) is 5. The molecule has 8 heterocycles. The molecule has 2 N–H and O–H groups in total. The summed E-state index contributed by atoms with van der Waals surface area (Å²) in [7, 11) is 1.29. The summed E-state index contributed by atoms with van der Waals surface area (Å²) in [5.74, 6) is -14.5. The van der Waals surface area contributed by atoms with Gasteiger partial charge in [0.25, 0.3) is 35.5 Å². The molecule has 91 heavy (non-hydrogen) atoms. The minimum Gasteiger partial charge on any atom is -0.482 e.